The number of piperazine rings is 1. The van der Waals surface area contributed by atoms with E-state index in [0.29, 0.717) is 6.54 Å². The molecular formula is C20H23N3O2S. The first-order valence-electron chi connectivity index (χ1n) is 8.84. The molecule has 1 amide bonds. The Morgan fingerprint density at radius 3 is 2.54 bits per heavy atom. The van der Waals surface area contributed by atoms with E-state index in [1.165, 1.54) is 0 Å². The van der Waals surface area contributed by atoms with E-state index in [4.69, 9.17) is 4.74 Å². The third-order valence-electron chi connectivity index (χ3n) is 4.94. The van der Waals surface area contributed by atoms with Crippen LogP contribution in [-0.4, -0.2) is 62.6 Å². The van der Waals surface area contributed by atoms with Crippen LogP contribution in [0.15, 0.2) is 52.3 Å². The predicted molar refractivity (Wildman–Crippen MR) is 105 cm³/mol. The second-order valence-electron chi connectivity index (χ2n) is 6.71. The molecule has 0 bridgehead atoms. The Hall–Kier alpha value is -2.02. The van der Waals surface area contributed by atoms with Crippen LogP contribution < -0.4 is 9.64 Å². The topological polar surface area (TPSA) is 36.0 Å². The van der Waals surface area contributed by atoms with E-state index >= 15 is 0 Å². The van der Waals surface area contributed by atoms with Crippen LogP contribution in [0.4, 0.5) is 11.4 Å². The lowest BCUT2D eigenvalue weighted by molar-refractivity contribution is -0.119. The van der Waals surface area contributed by atoms with Crippen LogP contribution in [0.2, 0.25) is 0 Å². The van der Waals surface area contributed by atoms with Crippen LogP contribution in [0.1, 0.15) is 0 Å². The molecule has 2 aliphatic heterocycles. The Bertz CT molecular complexity index is 818. The van der Waals surface area contributed by atoms with Gasteiger partial charge in [-0.3, -0.25) is 14.6 Å². The van der Waals surface area contributed by atoms with Gasteiger partial charge >= 0.3 is 0 Å². The van der Waals surface area contributed by atoms with Crippen LogP contribution in [-0.2, 0) is 4.79 Å². The molecule has 5 nitrogen and oxygen atoms in total. The molecule has 0 N–H and O–H groups in total. The summed E-state index contributed by atoms with van der Waals surface area (Å²) >= 11 is 1.70. The van der Waals surface area contributed by atoms with Crippen molar-refractivity contribution in [3.63, 3.8) is 0 Å². The highest BCUT2D eigenvalue weighted by atomic mass is 32.2. The summed E-state index contributed by atoms with van der Waals surface area (Å²) in [5.41, 5.74) is 1.87. The average Bonchev–Trinajstić information content (AvgIpc) is 2.67. The van der Waals surface area contributed by atoms with Gasteiger partial charge in [-0.25, -0.2) is 0 Å². The average molecular weight is 369 g/mol. The standard InChI is InChI=1S/C20H23N3O2S/c1-21-9-11-22(12-10-21)14-20(24)23-16-5-3-4-6-18(16)26-19-8-7-15(25-2)13-17(19)23/h3-8,13H,9-12,14H2,1-2H3. The molecule has 6 heteroatoms. The summed E-state index contributed by atoms with van der Waals surface area (Å²) in [7, 11) is 3.78. The number of carbonyl (C=O) groups is 1. The van der Waals surface area contributed by atoms with Crippen LogP contribution in [0.5, 0.6) is 5.75 Å². The van der Waals surface area contributed by atoms with Crippen molar-refractivity contribution in [3.8, 4) is 5.75 Å². The first-order valence-corrected chi connectivity index (χ1v) is 9.66. The lowest BCUT2D eigenvalue weighted by atomic mass is 10.2. The molecule has 1 fully saturated rings. The molecule has 1 saturated heterocycles. The van der Waals surface area contributed by atoms with Gasteiger partial charge in [-0.15, -0.1) is 0 Å². The maximum absolute atomic E-state index is 13.3. The minimum atomic E-state index is 0.108. The van der Waals surface area contributed by atoms with E-state index < -0.39 is 0 Å². The second kappa shape index (κ2) is 7.31. The Balaban J connectivity index is 1.66. The summed E-state index contributed by atoms with van der Waals surface area (Å²) in [4.78, 5) is 21.9. The van der Waals surface area contributed by atoms with E-state index in [-0.39, 0.29) is 5.91 Å². The molecule has 0 aromatic heterocycles. The summed E-state index contributed by atoms with van der Waals surface area (Å²) in [6.45, 7) is 4.30. The van der Waals surface area contributed by atoms with Gasteiger partial charge in [0.15, 0.2) is 0 Å². The first-order chi connectivity index (χ1) is 12.7. The molecule has 136 valence electrons. The Labute approximate surface area is 158 Å². The van der Waals surface area contributed by atoms with E-state index in [9.17, 15) is 4.79 Å². The first kappa shape index (κ1) is 17.4. The van der Waals surface area contributed by atoms with Crippen molar-refractivity contribution in [1.82, 2.24) is 9.80 Å². The number of hydrogen-bond donors (Lipinski definition) is 0. The zero-order valence-corrected chi connectivity index (χ0v) is 16.0. The van der Waals surface area contributed by atoms with Crippen LogP contribution in [0.25, 0.3) is 0 Å². The van der Waals surface area contributed by atoms with Crippen molar-refractivity contribution >= 4 is 29.0 Å². The SMILES string of the molecule is COc1ccc2c(c1)N(C(=O)CN1CCN(C)CC1)c1ccccc1S2. The molecule has 2 aromatic rings. The van der Waals surface area contributed by atoms with Gasteiger partial charge in [0.2, 0.25) is 5.91 Å². The third kappa shape index (κ3) is 3.32. The van der Waals surface area contributed by atoms with E-state index in [2.05, 4.69) is 22.9 Å². The maximum Gasteiger partial charge on any atom is 0.245 e. The number of para-hydroxylation sites is 1. The number of hydrogen-bond acceptors (Lipinski definition) is 5. The normalized spacial score (nSPS) is 17.5. The lowest BCUT2D eigenvalue weighted by Gasteiger charge is -2.35. The molecule has 0 unspecified atom stereocenters. The molecule has 26 heavy (non-hydrogen) atoms. The number of carbonyl (C=O) groups excluding carboxylic acids is 1. The highest BCUT2D eigenvalue weighted by Gasteiger charge is 2.30. The van der Waals surface area contributed by atoms with Gasteiger partial charge in [0.25, 0.3) is 0 Å². The number of nitrogens with zero attached hydrogens (tertiary/aromatic N) is 3. The van der Waals surface area contributed by atoms with Crippen molar-refractivity contribution in [2.24, 2.45) is 0 Å². The maximum atomic E-state index is 13.3. The monoisotopic (exact) mass is 369 g/mol. The molecular weight excluding hydrogens is 346 g/mol. The highest BCUT2D eigenvalue weighted by Crippen LogP contribution is 2.49. The Morgan fingerprint density at radius 1 is 1.04 bits per heavy atom. The number of ether oxygens (including phenoxy) is 1. The number of benzene rings is 2. The van der Waals surface area contributed by atoms with Crippen molar-refractivity contribution in [2.45, 2.75) is 9.79 Å². The van der Waals surface area contributed by atoms with Crippen molar-refractivity contribution in [2.75, 3.05) is 51.8 Å². The zero-order chi connectivity index (χ0) is 18.1. The van der Waals surface area contributed by atoms with Crippen molar-refractivity contribution in [1.29, 1.82) is 0 Å². The minimum absolute atomic E-state index is 0.108. The molecule has 0 spiro atoms. The fraction of sp³-hybridized carbons (Fsp3) is 0.350. The quantitative estimate of drug-likeness (QED) is 0.831. The van der Waals surface area contributed by atoms with E-state index in [1.54, 1.807) is 18.9 Å². The van der Waals surface area contributed by atoms with Crippen LogP contribution >= 0.6 is 11.8 Å². The molecule has 2 aliphatic rings. The Morgan fingerprint density at radius 2 is 1.77 bits per heavy atom. The molecule has 4 rings (SSSR count). The summed E-state index contributed by atoms with van der Waals surface area (Å²) < 4.78 is 5.39. The second-order valence-corrected chi connectivity index (χ2v) is 7.80. The zero-order valence-electron chi connectivity index (χ0n) is 15.1. The molecule has 2 heterocycles. The van der Waals surface area contributed by atoms with Crippen molar-refractivity contribution < 1.29 is 9.53 Å². The van der Waals surface area contributed by atoms with E-state index in [0.717, 1.165) is 53.1 Å². The number of rotatable bonds is 3. The number of fused-ring (bicyclic) bond motifs is 2. The van der Waals surface area contributed by atoms with Gasteiger partial charge in [-0.05, 0) is 31.3 Å². The van der Waals surface area contributed by atoms with E-state index in [1.807, 2.05) is 41.3 Å². The molecule has 2 aromatic carbocycles. The smallest absolute Gasteiger partial charge is 0.245 e. The number of likely N-dealkylation sites (N-methyl/N-ethyl adjacent to an activating group) is 1. The van der Waals surface area contributed by atoms with Crippen molar-refractivity contribution in [3.05, 3.63) is 42.5 Å². The molecule has 0 radical (unpaired) electrons. The molecule has 0 aliphatic carbocycles. The predicted octanol–water partition coefficient (Wildman–Crippen LogP) is 3.07. The number of anilines is 2. The minimum Gasteiger partial charge on any atom is -0.497 e. The number of amides is 1. The highest BCUT2D eigenvalue weighted by molar-refractivity contribution is 7.99. The van der Waals surface area contributed by atoms with Gasteiger partial charge in [0.1, 0.15) is 5.75 Å². The van der Waals surface area contributed by atoms with Gasteiger partial charge in [-0.2, -0.15) is 0 Å². The summed E-state index contributed by atoms with van der Waals surface area (Å²) in [6, 6.07) is 14.0. The van der Waals surface area contributed by atoms with Gasteiger partial charge in [-0.1, -0.05) is 23.9 Å². The van der Waals surface area contributed by atoms with Crippen LogP contribution in [0.3, 0.4) is 0 Å². The fourth-order valence-electron chi connectivity index (χ4n) is 3.40. The molecule has 0 saturated carbocycles. The largest absolute Gasteiger partial charge is 0.497 e. The Kier molecular flexibility index (Phi) is 4.89. The summed E-state index contributed by atoms with van der Waals surface area (Å²) in [5, 5.41) is 0. The van der Waals surface area contributed by atoms with Crippen LogP contribution in [0, 0.1) is 0 Å². The van der Waals surface area contributed by atoms with Gasteiger partial charge < -0.3 is 9.64 Å². The lowest BCUT2D eigenvalue weighted by Crippen LogP contribution is -2.48. The third-order valence-corrected chi connectivity index (χ3v) is 6.07. The van der Waals surface area contributed by atoms with Gasteiger partial charge in [0, 0.05) is 42.0 Å². The van der Waals surface area contributed by atoms with Gasteiger partial charge in [0.05, 0.1) is 25.0 Å². The fourth-order valence-corrected chi connectivity index (χ4v) is 4.44. The summed E-state index contributed by atoms with van der Waals surface area (Å²) in [5.74, 6) is 0.873. The molecule has 0 atom stereocenters. The number of methoxy groups -OCH3 is 1. The summed E-state index contributed by atoms with van der Waals surface area (Å²) in [6.07, 6.45) is 0.